The minimum atomic E-state index is -1.03. The van der Waals surface area contributed by atoms with Gasteiger partial charge in [-0.05, 0) is 18.6 Å². The van der Waals surface area contributed by atoms with Crippen LogP contribution < -0.4 is 5.32 Å². The number of aliphatic hydroxyl groups is 1. The lowest BCUT2D eigenvalue weighted by Gasteiger charge is -2.14. The van der Waals surface area contributed by atoms with Crippen molar-refractivity contribution in [1.29, 1.82) is 0 Å². The highest BCUT2D eigenvalue weighted by Gasteiger charge is 2.22. The standard InChI is InChI=1S/C12H18N2O4/c1-3-6-14-7-4-5-10(14)11(16)13-9(8-15)12(17)18-2/h4-5,7,9,15H,3,6,8H2,1-2H3,(H,13,16). The average molecular weight is 254 g/mol. The van der Waals surface area contributed by atoms with Crippen LogP contribution in [0, 0.1) is 0 Å². The number of carbonyl (C=O) groups is 2. The third-order valence-electron chi connectivity index (χ3n) is 2.50. The summed E-state index contributed by atoms with van der Waals surface area (Å²) in [6.07, 6.45) is 2.69. The van der Waals surface area contributed by atoms with Crippen molar-refractivity contribution >= 4 is 11.9 Å². The van der Waals surface area contributed by atoms with Crippen LogP contribution in [0.3, 0.4) is 0 Å². The fourth-order valence-corrected chi connectivity index (χ4v) is 1.61. The number of aliphatic hydroxyl groups excluding tert-OH is 1. The quantitative estimate of drug-likeness (QED) is 0.709. The van der Waals surface area contributed by atoms with Crippen molar-refractivity contribution in [3.05, 3.63) is 24.0 Å². The van der Waals surface area contributed by atoms with Gasteiger partial charge in [-0.25, -0.2) is 4.79 Å². The molecule has 0 radical (unpaired) electrons. The van der Waals surface area contributed by atoms with Gasteiger partial charge in [0.15, 0.2) is 6.04 Å². The fourth-order valence-electron chi connectivity index (χ4n) is 1.61. The van der Waals surface area contributed by atoms with E-state index >= 15 is 0 Å². The molecule has 1 rings (SSSR count). The Hall–Kier alpha value is -1.82. The van der Waals surface area contributed by atoms with Gasteiger partial charge in [0.1, 0.15) is 5.69 Å². The molecule has 0 aliphatic carbocycles. The highest BCUT2D eigenvalue weighted by molar-refractivity contribution is 5.95. The van der Waals surface area contributed by atoms with Gasteiger partial charge in [0, 0.05) is 12.7 Å². The van der Waals surface area contributed by atoms with Crippen molar-refractivity contribution in [2.75, 3.05) is 13.7 Å². The zero-order chi connectivity index (χ0) is 13.5. The molecule has 6 heteroatoms. The zero-order valence-corrected chi connectivity index (χ0v) is 10.5. The van der Waals surface area contributed by atoms with Gasteiger partial charge in [0.25, 0.3) is 5.91 Å². The molecular formula is C12H18N2O4. The molecule has 0 fully saturated rings. The molecule has 100 valence electrons. The number of esters is 1. The summed E-state index contributed by atoms with van der Waals surface area (Å²) in [4.78, 5) is 23.2. The van der Waals surface area contributed by atoms with E-state index in [9.17, 15) is 9.59 Å². The second-order valence-electron chi connectivity index (χ2n) is 3.82. The maximum absolute atomic E-state index is 11.9. The first kappa shape index (κ1) is 14.2. The first-order chi connectivity index (χ1) is 8.63. The Bertz CT molecular complexity index is 414. The number of amides is 1. The summed E-state index contributed by atoms with van der Waals surface area (Å²) in [6.45, 7) is 2.23. The van der Waals surface area contributed by atoms with E-state index < -0.39 is 24.5 Å². The number of hydrogen-bond acceptors (Lipinski definition) is 4. The maximum Gasteiger partial charge on any atom is 0.330 e. The van der Waals surface area contributed by atoms with Gasteiger partial charge >= 0.3 is 5.97 Å². The van der Waals surface area contributed by atoms with Gasteiger partial charge in [-0.1, -0.05) is 6.92 Å². The van der Waals surface area contributed by atoms with Gasteiger partial charge in [0.05, 0.1) is 13.7 Å². The molecule has 0 spiro atoms. The van der Waals surface area contributed by atoms with E-state index in [-0.39, 0.29) is 0 Å². The van der Waals surface area contributed by atoms with Crippen LogP contribution >= 0.6 is 0 Å². The summed E-state index contributed by atoms with van der Waals surface area (Å²) in [6, 6.07) is 2.39. The van der Waals surface area contributed by atoms with E-state index in [4.69, 9.17) is 5.11 Å². The van der Waals surface area contributed by atoms with Crippen molar-refractivity contribution in [3.63, 3.8) is 0 Å². The second kappa shape index (κ2) is 6.80. The summed E-state index contributed by atoms with van der Waals surface area (Å²) in [5.74, 6) is -1.07. The van der Waals surface area contributed by atoms with Gasteiger partial charge in [-0.2, -0.15) is 0 Å². The van der Waals surface area contributed by atoms with Gasteiger partial charge in [0.2, 0.25) is 0 Å². The lowest BCUT2D eigenvalue weighted by molar-refractivity contribution is -0.143. The minimum absolute atomic E-state index is 0.405. The predicted molar refractivity (Wildman–Crippen MR) is 65.1 cm³/mol. The van der Waals surface area contributed by atoms with Gasteiger partial charge in [-0.3, -0.25) is 4.79 Å². The molecule has 0 aliphatic heterocycles. The fraction of sp³-hybridized carbons (Fsp3) is 0.500. The van der Waals surface area contributed by atoms with Crippen LogP contribution in [0.5, 0.6) is 0 Å². The Morgan fingerprint density at radius 1 is 1.56 bits per heavy atom. The SMILES string of the molecule is CCCn1cccc1C(=O)NC(CO)C(=O)OC. The summed E-state index contributed by atoms with van der Waals surface area (Å²) >= 11 is 0. The molecule has 1 aromatic rings. The van der Waals surface area contributed by atoms with Crippen molar-refractivity contribution in [2.24, 2.45) is 0 Å². The van der Waals surface area contributed by atoms with E-state index in [0.29, 0.717) is 5.69 Å². The number of methoxy groups -OCH3 is 1. The van der Waals surface area contributed by atoms with Crippen LogP contribution in [0.2, 0.25) is 0 Å². The largest absolute Gasteiger partial charge is 0.467 e. The molecule has 1 unspecified atom stereocenters. The molecule has 6 nitrogen and oxygen atoms in total. The lowest BCUT2D eigenvalue weighted by Crippen LogP contribution is -2.44. The van der Waals surface area contributed by atoms with Crippen LogP contribution in [-0.4, -0.2) is 41.3 Å². The van der Waals surface area contributed by atoms with Crippen LogP contribution in [0.15, 0.2) is 18.3 Å². The van der Waals surface area contributed by atoms with E-state index in [2.05, 4.69) is 10.1 Å². The number of carbonyl (C=O) groups excluding carboxylic acids is 2. The Morgan fingerprint density at radius 2 is 2.28 bits per heavy atom. The number of nitrogens with one attached hydrogen (secondary N) is 1. The molecule has 1 heterocycles. The van der Waals surface area contributed by atoms with Crippen molar-refractivity contribution in [3.8, 4) is 0 Å². The Balaban J connectivity index is 2.74. The third-order valence-corrected chi connectivity index (χ3v) is 2.50. The third kappa shape index (κ3) is 3.33. The summed E-state index contributed by atoms with van der Waals surface area (Å²) in [7, 11) is 1.21. The molecule has 1 aromatic heterocycles. The molecule has 0 saturated heterocycles. The van der Waals surface area contributed by atoms with E-state index in [1.807, 2.05) is 6.92 Å². The Labute approximate surface area is 106 Å². The van der Waals surface area contributed by atoms with Gasteiger partial charge in [-0.15, -0.1) is 0 Å². The number of nitrogens with zero attached hydrogens (tertiary/aromatic N) is 1. The first-order valence-electron chi connectivity index (χ1n) is 5.78. The Kier molecular flexibility index (Phi) is 5.38. The second-order valence-corrected chi connectivity index (χ2v) is 3.82. The van der Waals surface area contributed by atoms with Crippen molar-refractivity contribution < 1.29 is 19.4 Å². The molecule has 1 atom stereocenters. The summed E-state index contributed by atoms with van der Waals surface area (Å²) in [5, 5.41) is 11.5. The van der Waals surface area contributed by atoms with Gasteiger partial charge < -0.3 is 19.7 Å². The molecule has 2 N–H and O–H groups in total. The topological polar surface area (TPSA) is 80.6 Å². The first-order valence-corrected chi connectivity index (χ1v) is 5.78. The van der Waals surface area contributed by atoms with Crippen LogP contribution in [0.1, 0.15) is 23.8 Å². The summed E-state index contributed by atoms with van der Waals surface area (Å²) < 4.78 is 6.27. The van der Waals surface area contributed by atoms with E-state index in [1.54, 1.807) is 22.9 Å². The predicted octanol–water partition coefficient (Wildman–Crippen LogP) is 0.162. The average Bonchev–Trinajstić information content (AvgIpc) is 2.83. The van der Waals surface area contributed by atoms with E-state index in [1.165, 1.54) is 7.11 Å². The normalized spacial score (nSPS) is 11.9. The molecule has 0 aliphatic rings. The molecule has 0 bridgehead atoms. The van der Waals surface area contributed by atoms with Crippen molar-refractivity contribution in [2.45, 2.75) is 25.9 Å². The number of rotatable bonds is 6. The lowest BCUT2D eigenvalue weighted by atomic mass is 10.3. The number of aromatic nitrogens is 1. The highest BCUT2D eigenvalue weighted by atomic mass is 16.5. The zero-order valence-electron chi connectivity index (χ0n) is 10.5. The molecule has 18 heavy (non-hydrogen) atoms. The number of ether oxygens (including phenoxy) is 1. The van der Waals surface area contributed by atoms with Crippen LogP contribution in [-0.2, 0) is 16.1 Å². The van der Waals surface area contributed by atoms with Crippen LogP contribution in [0.25, 0.3) is 0 Å². The Morgan fingerprint density at radius 3 is 2.83 bits per heavy atom. The molecule has 0 saturated carbocycles. The molecular weight excluding hydrogens is 236 g/mol. The smallest absolute Gasteiger partial charge is 0.330 e. The van der Waals surface area contributed by atoms with Crippen LogP contribution in [0.4, 0.5) is 0 Å². The monoisotopic (exact) mass is 254 g/mol. The molecule has 0 aromatic carbocycles. The summed E-state index contributed by atoms with van der Waals surface area (Å²) in [5.41, 5.74) is 0.458. The number of hydrogen-bond donors (Lipinski definition) is 2. The number of aryl methyl sites for hydroxylation is 1. The van der Waals surface area contributed by atoms with E-state index in [0.717, 1.165) is 13.0 Å². The minimum Gasteiger partial charge on any atom is -0.467 e. The van der Waals surface area contributed by atoms with Crippen molar-refractivity contribution in [1.82, 2.24) is 9.88 Å². The maximum atomic E-state index is 11.9. The molecule has 1 amide bonds. The highest BCUT2D eigenvalue weighted by Crippen LogP contribution is 2.04.